The summed E-state index contributed by atoms with van der Waals surface area (Å²) in [6.45, 7) is 2.73. The highest BCUT2D eigenvalue weighted by atomic mass is 32.1. The molecule has 0 unspecified atom stereocenters. The van der Waals surface area contributed by atoms with E-state index in [0.29, 0.717) is 0 Å². The van der Waals surface area contributed by atoms with Gasteiger partial charge in [0.15, 0.2) is 6.29 Å². The zero-order valence-electron chi connectivity index (χ0n) is 9.45. The van der Waals surface area contributed by atoms with Crippen LogP contribution in [0.25, 0.3) is 10.1 Å². The standard InChI is InChI=1S/C13H14O2S/c1-9-11-7-10(5-6-15-2)3-4-12(11)16-13(9)8-14/h3-4,7-8H,5-6H2,1-2H3. The number of hydrogen-bond acceptors (Lipinski definition) is 3. The molecular weight excluding hydrogens is 220 g/mol. The fourth-order valence-corrected chi connectivity index (χ4v) is 2.78. The molecule has 0 N–H and O–H groups in total. The average molecular weight is 234 g/mol. The highest BCUT2D eigenvalue weighted by molar-refractivity contribution is 7.20. The lowest BCUT2D eigenvalue weighted by Gasteiger charge is -2.01. The zero-order valence-corrected chi connectivity index (χ0v) is 10.3. The first-order valence-electron chi connectivity index (χ1n) is 5.22. The van der Waals surface area contributed by atoms with Crippen molar-refractivity contribution in [3.63, 3.8) is 0 Å². The molecule has 0 saturated carbocycles. The fourth-order valence-electron chi connectivity index (χ4n) is 1.77. The maximum Gasteiger partial charge on any atom is 0.160 e. The van der Waals surface area contributed by atoms with Gasteiger partial charge in [-0.15, -0.1) is 11.3 Å². The van der Waals surface area contributed by atoms with Gasteiger partial charge in [-0.3, -0.25) is 4.79 Å². The van der Waals surface area contributed by atoms with Crippen LogP contribution in [0.2, 0.25) is 0 Å². The van der Waals surface area contributed by atoms with Crippen LogP contribution >= 0.6 is 11.3 Å². The van der Waals surface area contributed by atoms with Crippen LogP contribution in [-0.4, -0.2) is 20.0 Å². The molecule has 1 aromatic carbocycles. The molecule has 2 aromatic rings. The van der Waals surface area contributed by atoms with E-state index >= 15 is 0 Å². The molecule has 1 aromatic heterocycles. The number of carbonyl (C=O) groups excluding carboxylic acids is 1. The summed E-state index contributed by atoms with van der Waals surface area (Å²) >= 11 is 1.56. The Morgan fingerprint density at radius 3 is 2.94 bits per heavy atom. The summed E-state index contributed by atoms with van der Waals surface area (Å²) < 4.78 is 6.24. The first-order valence-corrected chi connectivity index (χ1v) is 6.04. The Hall–Kier alpha value is -1.19. The SMILES string of the molecule is COCCc1ccc2sc(C=O)c(C)c2c1. The second-order valence-corrected chi connectivity index (χ2v) is 4.87. The van der Waals surface area contributed by atoms with E-state index < -0.39 is 0 Å². The molecule has 1 heterocycles. The molecule has 2 nitrogen and oxygen atoms in total. The Kier molecular flexibility index (Phi) is 3.36. The van der Waals surface area contributed by atoms with Crippen LogP contribution in [0.5, 0.6) is 0 Å². The number of hydrogen-bond donors (Lipinski definition) is 0. The van der Waals surface area contributed by atoms with Crippen molar-refractivity contribution in [1.29, 1.82) is 0 Å². The van der Waals surface area contributed by atoms with Crippen molar-refractivity contribution >= 4 is 27.7 Å². The Balaban J connectivity index is 2.44. The van der Waals surface area contributed by atoms with Gasteiger partial charge in [-0.25, -0.2) is 0 Å². The molecule has 0 aliphatic rings. The maximum absolute atomic E-state index is 10.8. The van der Waals surface area contributed by atoms with Crippen LogP contribution in [0.1, 0.15) is 20.8 Å². The first kappa shape index (κ1) is 11.3. The van der Waals surface area contributed by atoms with Gasteiger partial charge in [-0.05, 0) is 42.0 Å². The van der Waals surface area contributed by atoms with E-state index in [-0.39, 0.29) is 0 Å². The highest BCUT2D eigenvalue weighted by Crippen LogP contribution is 2.30. The third kappa shape index (κ3) is 2.01. The van der Waals surface area contributed by atoms with Crippen LogP contribution in [0.3, 0.4) is 0 Å². The fraction of sp³-hybridized carbons (Fsp3) is 0.308. The highest BCUT2D eigenvalue weighted by Gasteiger charge is 2.07. The minimum atomic E-state index is 0.731. The Morgan fingerprint density at radius 2 is 2.25 bits per heavy atom. The van der Waals surface area contributed by atoms with Crippen LogP contribution in [0.4, 0.5) is 0 Å². The van der Waals surface area contributed by atoms with E-state index in [4.69, 9.17) is 4.74 Å². The van der Waals surface area contributed by atoms with Gasteiger partial charge in [-0.1, -0.05) is 6.07 Å². The predicted octanol–water partition coefficient (Wildman–Crippen LogP) is 3.21. The van der Waals surface area contributed by atoms with E-state index in [1.54, 1.807) is 18.4 Å². The molecule has 0 atom stereocenters. The topological polar surface area (TPSA) is 26.3 Å². The lowest BCUT2D eigenvalue weighted by molar-refractivity contribution is 0.112. The number of rotatable bonds is 4. The van der Waals surface area contributed by atoms with Gasteiger partial charge in [0.05, 0.1) is 11.5 Å². The number of carbonyl (C=O) groups is 1. The van der Waals surface area contributed by atoms with Crippen LogP contribution in [-0.2, 0) is 11.2 Å². The first-order chi connectivity index (χ1) is 7.76. The molecule has 3 heteroatoms. The third-order valence-corrected chi connectivity index (χ3v) is 3.94. The number of fused-ring (bicyclic) bond motifs is 1. The number of ether oxygens (including phenoxy) is 1. The maximum atomic E-state index is 10.8. The molecule has 0 saturated heterocycles. The predicted molar refractivity (Wildman–Crippen MR) is 67.5 cm³/mol. The molecule has 0 aliphatic carbocycles. The van der Waals surface area contributed by atoms with Crippen molar-refractivity contribution in [1.82, 2.24) is 0 Å². The number of benzene rings is 1. The summed E-state index contributed by atoms with van der Waals surface area (Å²) in [6, 6.07) is 6.35. The molecular formula is C13H14O2S. The van der Waals surface area contributed by atoms with Gasteiger partial charge in [0.1, 0.15) is 0 Å². The summed E-state index contributed by atoms with van der Waals surface area (Å²) in [4.78, 5) is 11.7. The normalized spacial score (nSPS) is 10.9. The van der Waals surface area contributed by atoms with Crippen molar-refractivity contribution in [3.05, 3.63) is 34.2 Å². The van der Waals surface area contributed by atoms with Gasteiger partial charge in [0.2, 0.25) is 0 Å². The quantitative estimate of drug-likeness (QED) is 0.759. The zero-order chi connectivity index (χ0) is 11.5. The largest absolute Gasteiger partial charge is 0.384 e. The lowest BCUT2D eigenvalue weighted by Crippen LogP contribution is -1.93. The summed E-state index contributed by atoms with van der Waals surface area (Å²) in [5, 5.41) is 1.20. The van der Waals surface area contributed by atoms with Gasteiger partial charge in [-0.2, -0.15) is 0 Å². The lowest BCUT2D eigenvalue weighted by atomic mass is 10.1. The van der Waals surface area contributed by atoms with Crippen molar-refractivity contribution in [2.45, 2.75) is 13.3 Å². The molecule has 2 rings (SSSR count). The van der Waals surface area contributed by atoms with E-state index in [2.05, 4.69) is 18.2 Å². The van der Waals surface area contributed by atoms with Gasteiger partial charge < -0.3 is 4.74 Å². The average Bonchev–Trinajstić information content (AvgIpc) is 2.63. The summed E-state index contributed by atoms with van der Waals surface area (Å²) in [6.07, 6.45) is 1.85. The summed E-state index contributed by atoms with van der Waals surface area (Å²) in [7, 11) is 1.71. The number of methoxy groups -OCH3 is 1. The third-order valence-electron chi connectivity index (χ3n) is 2.74. The molecule has 0 bridgehead atoms. The molecule has 0 radical (unpaired) electrons. The minimum Gasteiger partial charge on any atom is -0.384 e. The van der Waals surface area contributed by atoms with E-state index in [1.165, 1.54) is 15.6 Å². The smallest absolute Gasteiger partial charge is 0.160 e. The van der Waals surface area contributed by atoms with Crippen LogP contribution in [0.15, 0.2) is 18.2 Å². The number of aldehydes is 1. The van der Waals surface area contributed by atoms with Crippen LogP contribution in [0, 0.1) is 6.92 Å². The van der Waals surface area contributed by atoms with E-state index in [0.717, 1.165) is 29.8 Å². The van der Waals surface area contributed by atoms with Gasteiger partial charge in [0, 0.05) is 11.8 Å². The molecule has 0 spiro atoms. The Morgan fingerprint density at radius 1 is 1.44 bits per heavy atom. The second kappa shape index (κ2) is 4.76. The van der Waals surface area contributed by atoms with Crippen molar-refractivity contribution < 1.29 is 9.53 Å². The monoisotopic (exact) mass is 234 g/mol. The van der Waals surface area contributed by atoms with Gasteiger partial charge >= 0.3 is 0 Å². The van der Waals surface area contributed by atoms with Crippen molar-refractivity contribution in [2.75, 3.05) is 13.7 Å². The summed E-state index contributed by atoms with van der Waals surface area (Å²) in [5.41, 5.74) is 2.35. The molecule has 16 heavy (non-hydrogen) atoms. The molecule has 0 fully saturated rings. The van der Waals surface area contributed by atoms with Crippen LogP contribution < -0.4 is 0 Å². The van der Waals surface area contributed by atoms with Gasteiger partial charge in [0.25, 0.3) is 0 Å². The van der Waals surface area contributed by atoms with Crippen molar-refractivity contribution in [2.24, 2.45) is 0 Å². The van der Waals surface area contributed by atoms with E-state index in [9.17, 15) is 4.79 Å². The number of thiophene rings is 1. The molecule has 0 aliphatic heterocycles. The Bertz CT molecular complexity index is 514. The minimum absolute atomic E-state index is 0.731. The summed E-state index contributed by atoms with van der Waals surface area (Å²) in [5.74, 6) is 0. The van der Waals surface area contributed by atoms with E-state index in [1.807, 2.05) is 6.92 Å². The van der Waals surface area contributed by atoms with Crippen molar-refractivity contribution in [3.8, 4) is 0 Å². The molecule has 0 amide bonds. The number of aryl methyl sites for hydroxylation is 1. The Labute approximate surface area is 98.9 Å². The second-order valence-electron chi connectivity index (χ2n) is 3.78. The molecule has 84 valence electrons.